The van der Waals surface area contributed by atoms with Crippen molar-refractivity contribution in [2.45, 2.75) is 20.8 Å². The maximum absolute atomic E-state index is 4.13. The third-order valence-corrected chi connectivity index (χ3v) is 1.67. The zero-order chi connectivity index (χ0) is 8.85. The fourth-order valence-corrected chi connectivity index (χ4v) is 0.987. The summed E-state index contributed by atoms with van der Waals surface area (Å²) in [6.07, 6.45) is 3.83. The Labute approximate surface area is 69.5 Å². The molecule has 0 amide bonds. The zero-order valence-corrected chi connectivity index (χ0v) is 7.89. The monoisotopic (exact) mass is 151 g/mol. The minimum Gasteiger partial charge on any atom is -0.293 e. The number of hydrogen-bond acceptors (Lipinski definition) is 1. The Hall–Kier alpha value is -0.850. The van der Waals surface area contributed by atoms with Crippen molar-refractivity contribution >= 4 is 5.71 Å². The Balaban J connectivity index is 4.61. The molecule has 0 aliphatic rings. The molecule has 0 N–H and O–H groups in total. The third-order valence-electron chi connectivity index (χ3n) is 1.67. The van der Waals surface area contributed by atoms with Crippen LogP contribution < -0.4 is 0 Å². The second-order valence-corrected chi connectivity index (χ2v) is 2.82. The second-order valence-electron chi connectivity index (χ2n) is 2.82. The molecule has 0 aromatic rings. The Morgan fingerprint density at radius 3 is 2.27 bits per heavy atom. The summed E-state index contributed by atoms with van der Waals surface area (Å²) in [6, 6.07) is 0. The van der Waals surface area contributed by atoms with Crippen LogP contribution in [0.4, 0.5) is 0 Å². The Morgan fingerprint density at radius 2 is 2.00 bits per heavy atom. The Kier molecular flexibility index (Phi) is 4.51. The van der Waals surface area contributed by atoms with E-state index < -0.39 is 0 Å². The predicted octanol–water partition coefficient (Wildman–Crippen LogP) is 2.85. The highest BCUT2D eigenvalue weighted by molar-refractivity contribution is 5.98. The molecular weight excluding hydrogens is 134 g/mol. The average molecular weight is 151 g/mol. The van der Waals surface area contributed by atoms with Crippen LogP contribution in [0.5, 0.6) is 0 Å². The quantitative estimate of drug-likeness (QED) is 0.434. The van der Waals surface area contributed by atoms with Crippen molar-refractivity contribution in [3.05, 3.63) is 24.3 Å². The molecule has 1 heteroatoms. The summed E-state index contributed by atoms with van der Waals surface area (Å²) in [5.74, 6) is 0.525. The van der Waals surface area contributed by atoms with Crippen LogP contribution in [0.25, 0.3) is 0 Å². The number of aliphatic imine (C=N–C) groups is 1. The van der Waals surface area contributed by atoms with E-state index in [1.165, 1.54) is 5.57 Å². The van der Waals surface area contributed by atoms with Gasteiger partial charge in [0.15, 0.2) is 0 Å². The van der Waals surface area contributed by atoms with Gasteiger partial charge in [0.25, 0.3) is 0 Å². The maximum Gasteiger partial charge on any atom is 0.0348 e. The van der Waals surface area contributed by atoms with Gasteiger partial charge in [-0.1, -0.05) is 32.6 Å². The zero-order valence-electron chi connectivity index (χ0n) is 7.89. The van der Waals surface area contributed by atoms with Crippen LogP contribution in [0, 0.1) is 5.92 Å². The van der Waals surface area contributed by atoms with E-state index in [-0.39, 0.29) is 0 Å². The molecule has 0 saturated carbocycles. The van der Waals surface area contributed by atoms with Gasteiger partial charge in [-0.15, -0.1) is 0 Å². The topological polar surface area (TPSA) is 12.4 Å². The molecule has 62 valence electrons. The summed E-state index contributed by atoms with van der Waals surface area (Å²) in [7, 11) is 1.81. The summed E-state index contributed by atoms with van der Waals surface area (Å²) >= 11 is 0. The Bertz CT molecular complexity index is 185. The minimum absolute atomic E-state index is 0.525. The maximum atomic E-state index is 4.13. The highest BCUT2D eigenvalue weighted by atomic mass is 14.7. The predicted molar refractivity (Wildman–Crippen MR) is 52.2 cm³/mol. The molecule has 1 nitrogen and oxygen atoms in total. The highest BCUT2D eigenvalue weighted by Gasteiger charge is 2.03. The molecule has 0 aliphatic carbocycles. The van der Waals surface area contributed by atoms with E-state index >= 15 is 0 Å². The molecule has 0 aliphatic heterocycles. The van der Waals surface area contributed by atoms with Gasteiger partial charge in [0.05, 0.1) is 0 Å². The lowest BCUT2D eigenvalue weighted by molar-refractivity contribution is 0.801. The third kappa shape index (κ3) is 3.17. The van der Waals surface area contributed by atoms with E-state index in [1.807, 2.05) is 26.1 Å². The van der Waals surface area contributed by atoms with E-state index in [0.717, 1.165) is 5.71 Å². The first-order valence-corrected chi connectivity index (χ1v) is 3.89. The van der Waals surface area contributed by atoms with Gasteiger partial charge in [0, 0.05) is 12.8 Å². The van der Waals surface area contributed by atoms with Gasteiger partial charge in [-0.05, 0) is 18.4 Å². The van der Waals surface area contributed by atoms with Crippen LogP contribution in [0.3, 0.4) is 0 Å². The van der Waals surface area contributed by atoms with Gasteiger partial charge in [-0.3, -0.25) is 4.99 Å². The minimum atomic E-state index is 0.525. The molecule has 0 unspecified atom stereocenters. The van der Waals surface area contributed by atoms with Crippen LogP contribution in [-0.4, -0.2) is 12.8 Å². The van der Waals surface area contributed by atoms with E-state index in [0.29, 0.717) is 5.92 Å². The standard InChI is InChI=1S/C10H17N/c1-6-7-10(8(2)3)9(4)11-5/h6-8H,1H2,2-5H3/b10-7+,11-9-. The summed E-state index contributed by atoms with van der Waals surface area (Å²) < 4.78 is 0. The molecule has 0 aromatic heterocycles. The number of hydrogen-bond donors (Lipinski definition) is 0. The lowest BCUT2D eigenvalue weighted by Crippen LogP contribution is -2.03. The largest absolute Gasteiger partial charge is 0.293 e. The van der Waals surface area contributed by atoms with Gasteiger partial charge in [-0.2, -0.15) is 0 Å². The molecule has 0 radical (unpaired) electrons. The van der Waals surface area contributed by atoms with Crippen molar-refractivity contribution < 1.29 is 0 Å². The fourth-order valence-electron chi connectivity index (χ4n) is 0.987. The van der Waals surface area contributed by atoms with Crippen LogP contribution in [0.1, 0.15) is 20.8 Å². The molecule has 0 spiro atoms. The van der Waals surface area contributed by atoms with E-state index in [1.54, 1.807) is 0 Å². The lowest BCUT2D eigenvalue weighted by atomic mass is 9.99. The van der Waals surface area contributed by atoms with Gasteiger partial charge >= 0.3 is 0 Å². The normalized spacial score (nSPS) is 13.9. The van der Waals surface area contributed by atoms with Crippen LogP contribution in [-0.2, 0) is 0 Å². The summed E-state index contributed by atoms with van der Waals surface area (Å²) in [5.41, 5.74) is 2.36. The Morgan fingerprint density at radius 1 is 1.45 bits per heavy atom. The number of rotatable bonds is 3. The SMILES string of the molecule is C=C/C=C(/C(C)=N\C)C(C)C. The van der Waals surface area contributed by atoms with Crippen LogP contribution >= 0.6 is 0 Å². The molecule has 0 bridgehead atoms. The van der Waals surface area contributed by atoms with Crippen molar-refractivity contribution in [1.29, 1.82) is 0 Å². The summed E-state index contributed by atoms with van der Waals surface area (Å²) in [5, 5.41) is 0. The molecule has 0 fully saturated rings. The first-order chi connectivity index (χ1) is 5.13. The van der Waals surface area contributed by atoms with E-state index in [2.05, 4.69) is 25.4 Å². The molecule has 0 heterocycles. The van der Waals surface area contributed by atoms with Gasteiger partial charge in [0.1, 0.15) is 0 Å². The van der Waals surface area contributed by atoms with Crippen molar-refractivity contribution in [2.75, 3.05) is 7.05 Å². The first kappa shape index (κ1) is 10.2. The van der Waals surface area contributed by atoms with Gasteiger partial charge in [-0.25, -0.2) is 0 Å². The van der Waals surface area contributed by atoms with Gasteiger partial charge in [0.2, 0.25) is 0 Å². The average Bonchev–Trinajstić information content (AvgIpc) is 1.98. The number of allylic oxidation sites excluding steroid dienone is 3. The van der Waals surface area contributed by atoms with Crippen molar-refractivity contribution in [3.63, 3.8) is 0 Å². The molecular formula is C10H17N. The smallest absolute Gasteiger partial charge is 0.0348 e. The van der Waals surface area contributed by atoms with Crippen LogP contribution in [0.15, 0.2) is 29.3 Å². The summed E-state index contributed by atoms with van der Waals surface area (Å²) in [6.45, 7) is 10.0. The van der Waals surface area contributed by atoms with E-state index in [4.69, 9.17) is 0 Å². The first-order valence-electron chi connectivity index (χ1n) is 3.89. The van der Waals surface area contributed by atoms with Crippen molar-refractivity contribution in [1.82, 2.24) is 0 Å². The van der Waals surface area contributed by atoms with E-state index in [9.17, 15) is 0 Å². The van der Waals surface area contributed by atoms with Crippen molar-refractivity contribution in [3.8, 4) is 0 Å². The van der Waals surface area contributed by atoms with Gasteiger partial charge < -0.3 is 0 Å². The molecule has 0 saturated heterocycles. The molecule has 11 heavy (non-hydrogen) atoms. The fraction of sp³-hybridized carbons (Fsp3) is 0.500. The lowest BCUT2D eigenvalue weighted by Gasteiger charge is -2.09. The molecule has 0 aromatic carbocycles. The summed E-state index contributed by atoms with van der Waals surface area (Å²) in [4.78, 5) is 4.13. The second kappa shape index (κ2) is 4.89. The van der Waals surface area contributed by atoms with Crippen molar-refractivity contribution in [2.24, 2.45) is 10.9 Å². The number of nitrogens with zero attached hydrogens (tertiary/aromatic N) is 1. The molecule has 0 atom stereocenters. The highest BCUT2D eigenvalue weighted by Crippen LogP contribution is 2.11. The molecule has 0 rings (SSSR count). The van der Waals surface area contributed by atoms with Crippen LogP contribution in [0.2, 0.25) is 0 Å².